The van der Waals surface area contributed by atoms with Crippen LogP contribution in [0.25, 0.3) is 11.1 Å². The molecule has 1 aliphatic rings. The first kappa shape index (κ1) is 32.3. The zero-order chi connectivity index (χ0) is 31.4. The molecular formula is C35H37N3O6S. The second kappa shape index (κ2) is 16.3. The topological polar surface area (TPSA) is 131 Å². The summed E-state index contributed by atoms with van der Waals surface area (Å²) in [4.78, 5) is 31.6. The van der Waals surface area contributed by atoms with Gasteiger partial charge in [0.05, 0.1) is 18.8 Å². The molecule has 0 saturated carbocycles. The second-order valence-electron chi connectivity index (χ2n) is 10.9. The number of aliphatic hydroxyl groups is 1. The number of aromatic nitrogens is 2. The highest BCUT2D eigenvalue weighted by molar-refractivity contribution is 7.99. The predicted molar refractivity (Wildman–Crippen MR) is 171 cm³/mol. The maximum atomic E-state index is 12.2. The van der Waals surface area contributed by atoms with Crippen molar-refractivity contribution >= 4 is 23.6 Å². The number of aliphatic hydroxyl groups excluding tert-OH is 1. The van der Waals surface area contributed by atoms with Crippen molar-refractivity contribution in [2.24, 2.45) is 0 Å². The molecule has 3 atom stereocenters. The van der Waals surface area contributed by atoms with E-state index in [1.807, 2.05) is 60.7 Å². The summed E-state index contributed by atoms with van der Waals surface area (Å²) in [5.74, 6) is -0.267. The highest BCUT2D eigenvalue weighted by atomic mass is 32.2. The van der Waals surface area contributed by atoms with E-state index in [-0.39, 0.29) is 31.1 Å². The highest BCUT2D eigenvalue weighted by Crippen LogP contribution is 2.40. The van der Waals surface area contributed by atoms with Crippen LogP contribution in [0.1, 0.15) is 66.8 Å². The lowest BCUT2D eigenvalue weighted by molar-refractivity contribution is -0.245. The van der Waals surface area contributed by atoms with Crippen LogP contribution in [0.4, 0.5) is 0 Å². The Kier molecular flexibility index (Phi) is 11.7. The number of carbonyl (C=O) groups is 2. The second-order valence-corrected chi connectivity index (χ2v) is 11.9. The molecule has 234 valence electrons. The molecule has 4 aromatic rings. The lowest BCUT2D eigenvalue weighted by Crippen LogP contribution is -2.31. The SMILES string of the molecule is O=C(O)CCCCC(=O)NCc1cccc(-c2cccc([C@H]3O[C@@H](CSc4ncccn4)C[C@@H](c4ccc(CO)cc4)O3)c2)c1. The zero-order valence-corrected chi connectivity index (χ0v) is 25.7. The average Bonchev–Trinajstić information content (AvgIpc) is 3.09. The van der Waals surface area contributed by atoms with E-state index in [1.54, 1.807) is 30.2 Å². The number of carboxylic acids is 1. The molecular weight excluding hydrogens is 590 g/mol. The summed E-state index contributed by atoms with van der Waals surface area (Å²) < 4.78 is 13.0. The summed E-state index contributed by atoms with van der Waals surface area (Å²) in [7, 11) is 0. The van der Waals surface area contributed by atoms with Crippen molar-refractivity contribution in [1.29, 1.82) is 0 Å². The molecule has 1 saturated heterocycles. The Bertz CT molecular complexity index is 1550. The zero-order valence-electron chi connectivity index (χ0n) is 24.9. The van der Waals surface area contributed by atoms with E-state index >= 15 is 0 Å². The molecule has 0 bridgehead atoms. The Morgan fingerprint density at radius 2 is 1.58 bits per heavy atom. The summed E-state index contributed by atoms with van der Waals surface area (Å²) in [5, 5.41) is 21.9. The summed E-state index contributed by atoms with van der Waals surface area (Å²) in [6.45, 7) is 0.379. The minimum absolute atomic E-state index is 0.0111. The van der Waals surface area contributed by atoms with Crippen molar-refractivity contribution in [1.82, 2.24) is 15.3 Å². The van der Waals surface area contributed by atoms with E-state index in [0.717, 1.165) is 33.4 Å². The number of amides is 1. The van der Waals surface area contributed by atoms with Crippen molar-refractivity contribution in [2.45, 2.75) is 68.9 Å². The predicted octanol–water partition coefficient (Wildman–Crippen LogP) is 6.23. The molecule has 2 heterocycles. The molecule has 45 heavy (non-hydrogen) atoms. The third kappa shape index (κ3) is 9.70. The van der Waals surface area contributed by atoms with Gasteiger partial charge in [0.1, 0.15) is 0 Å². The monoisotopic (exact) mass is 627 g/mol. The number of hydrogen-bond donors (Lipinski definition) is 3. The van der Waals surface area contributed by atoms with Crippen molar-refractivity contribution in [3.63, 3.8) is 0 Å². The van der Waals surface area contributed by atoms with E-state index in [9.17, 15) is 14.7 Å². The molecule has 3 aromatic carbocycles. The fourth-order valence-electron chi connectivity index (χ4n) is 5.13. The number of nitrogens with one attached hydrogen (secondary N) is 1. The Labute approximate surface area is 267 Å². The fourth-order valence-corrected chi connectivity index (χ4v) is 5.95. The van der Waals surface area contributed by atoms with Crippen LogP contribution in [0.3, 0.4) is 0 Å². The summed E-state index contributed by atoms with van der Waals surface area (Å²) >= 11 is 1.55. The molecule has 10 heteroatoms. The lowest BCUT2D eigenvalue weighted by atomic mass is 9.99. The first-order valence-corrected chi connectivity index (χ1v) is 16.0. The molecule has 0 unspecified atom stereocenters. The van der Waals surface area contributed by atoms with Crippen LogP contribution in [0.5, 0.6) is 0 Å². The van der Waals surface area contributed by atoms with Crippen molar-refractivity contribution in [3.05, 3.63) is 114 Å². The van der Waals surface area contributed by atoms with Gasteiger partial charge in [-0.3, -0.25) is 9.59 Å². The van der Waals surface area contributed by atoms with E-state index in [0.29, 0.717) is 43.1 Å². The molecule has 1 fully saturated rings. The summed E-state index contributed by atoms with van der Waals surface area (Å²) in [5.41, 5.74) is 5.74. The van der Waals surface area contributed by atoms with Gasteiger partial charge in [-0.05, 0) is 58.9 Å². The van der Waals surface area contributed by atoms with Crippen LogP contribution in [0.2, 0.25) is 0 Å². The molecule has 0 radical (unpaired) electrons. The van der Waals surface area contributed by atoms with Crippen LogP contribution in [-0.2, 0) is 32.2 Å². The molecule has 0 aliphatic carbocycles. The van der Waals surface area contributed by atoms with Gasteiger partial charge in [0, 0.05) is 49.5 Å². The van der Waals surface area contributed by atoms with Crippen LogP contribution in [0.15, 0.2) is 96.4 Å². The van der Waals surface area contributed by atoms with Gasteiger partial charge in [-0.25, -0.2) is 9.97 Å². The summed E-state index contributed by atoms with van der Waals surface area (Å²) in [6.07, 6.45) is 4.65. The third-order valence-corrected chi connectivity index (χ3v) is 8.52. The van der Waals surface area contributed by atoms with Crippen molar-refractivity contribution in [3.8, 4) is 11.1 Å². The Morgan fingerprint density at radius 1 is 0.844 bits per heavy atom. The normalized spacial score (nSPS) is 17.9. The van der Waals surface area contributed by atoms with Gasteiger partial charge >= 0.3 is 5.97 Å². The number of carbonyl (C=O) groups excluding carboxylic acids is 1. The number of benzene rings is 3. The van der Waals surface area contributed by atoms with Gasteiger partial charge in [-0.2, -0.15) is 0 Å². The average molecular weight is 628 g/mol. The lowest BCUT2D eigenvalue weighted by Gasteiger charge is -2.36. The molecule has 0 spiro atoms. The number of thioether (sulfide) groups is 1. The first-order valence-electron chi connectivity index (χ1n) is 15.0. The number of rotatable bonds is 14. The van der Waals surface area contributed by atoms with E-state index in [4.69, 9.17) is 14.6 Å². The molecule has 1 amide bonds. The van der Waals surface area contributed by atoms with E-state index in [1.165, 1.54) is 0 Å². The number of aliphatic carboxylic acids is 1. The standard InChI is InChI=1S/C35H37N3O6S/c39-22-24-12-14-26(15-13-24)31-20-30(23-45-35-36-16-5-17-37-35)43-34(44-31)29-9-4-8-28(19-29)27-7-3-6-25(18-27)21-38-32(40)10-1-2-11-33(41)42/h3-9,12-19,30-31,34,39H,1-2,10-11,20-23H2,(H,38,40)(H,41,42)/t30-,31+,34+/m1/s1. The first-order chi connectivity index (χ1) is 22.0. The Balaban J connectivity index is 1.28. The number of carboxylic acid groups (broad SMARTS) is 1. The minimum atomic E-state index is -0.844. The van der Waals surface area contributed by atoms with E-state index in [2.05, 4.69) is 27.4 Å². The number of unbranched alkanes of at least 4 members (excludes halogenated alkanes) is 1. The van der Waals surface area contributed by atoms with Gasteiger partial charge in [-0.1, -0.05) is 72.4 Å². The molecule has 5 rings (SSSR count). The van der Waals surface area contributed by atoms with E-state index < -0.39 is 12.3 Å². The number of nitrogens with zero attached hydrogens (tertiary/aromatic N) is 2. The van der Waals surface area contributed by atoms with Crippen LogP contribution >= 0.6 is 11.8 Å². The molecule has 3 N–H and O–H groups in total. The van der Waals surface area contributed by atoms with Gasteiger partial charge in [0.15, 0.2) is 11.4 Å². The maximum absolute atomic E-state index is 12.2. The van der Waals surface area contributed by atoms with Crippen LogP contribution in [-0.4, -0.2) is 43.9 Å². The van der Waals surface area contributed by atoms with Crippen LogP contribution < -0.4 is 5.32 Å². The Morgan fingerprint density at radius 3 is 2.33 bits per heavy atom. The number of hydrogen-bond acceptors (Lipinski definition) is 8. The Hall–Kier alpha value is -4.09. The van der Waals surface area contributed by atoms with Gasteiger partial charge in [-0.15, -0.1) is 0 Å². The smallest absolute Gasteiger partial charge is 0.303 e. The summed E-state index contributed by atoms with van der Waals surface area (Å²) in [6, 6.07) is 25.8. The van der Waals surface area contributed by atoms with Crippen LogP contribution in [0, 0.1) is 0 Å². The quantitative estimate of drug-likeness (QED) is 0.0845. The number of ether oxygens (including phenoxy) is 2. The minimum Gasteiger partial charge on any atom is -0.481 e. The highest BCUT2D eigenvalue weighted by Gasteiger charge is 2.32. The van der Waals surface area contributed by atoms with Crippen molar-refractivity contribution in [2.75, 3.05) is 5.75 Å². The molecule has 1 aliphatic heterocycles. The van der Waals surface area contributed by atoms with Gasteiger partial charge < -0.3 is 25.0 Å². The van der Waals surface area contributed by atoms with Gasteiger partial charge in [0.2, 0.25) is 5.91 Å². The maximum Gasteiger partial charge on any atom is 0.303 e. The molecule has 9 nitrogen and oxygen atoms in total. The molecule has 1 aromatic heterocycles. The van der Waals surface area contributed by atoms with Crippen molar-refractivity contribution < 1.29 is 29.3 Å². The fraction of sp³-hybridized carbons (Fsp3) is 0.314. The van der Waals surface area contributed by atoms with Gasteiger partial charge in [0.25, 0.3) is 0 Å². The third-order valence-electron chi connectivity index (χ3n) is 7.51. The largest absolute Gasteiger partial charge is 0.481 e.